The number of aliphatic imine (C=N–C) groups is 1. The molecule has 14 heteroatoms. The summed E-state index contributed by atoms with van der Waals surface area (Å²) < 4.78 is 0. The number of amides is 2. The monoisotopic (exact) mass is 370 g/mol. The zero-order chi connectivity index (χ0) is 21.1. The number of carbonyl (C=O) groups is 2. The van der Waals surface area contributed by atoms with Gasteiger partial charge in [-0.25, -0.2) is 12.3 Å². The van der Waals surface area contributed by atoms with Gasteiger partial charge in [0.1, 0.15) is 11.9 Å². The van der Waals surface area contributed by atoms with E-state index in [0.717, 1.165) is 0 Å². The maximum atomic E-state index is 12.5. The van der Waals surface area contributed by atoms with E-state index in [1.807, 2.05) is 5.32 Å². The van der Waals surface area contributed by atoms with Gasteiger partial charge < -0.3 is 34.0 Å². The van der Waals surface area contributed by atoms with E-state index < -0.39 is 51.5 Å². The first-order chi connectivity index (χ1) is 12.3. The standard InChI is InChI=1S/C13H14N12O2/c1-23-13(22)8(27)25-6-12(21,10(13,19)4-16)9(18,3-15)11(20,5(17)2-14)7(26)24-6/h5H,17-22H2,(H,24,25,26,27). The van der Waals surface area contributed by atoms with Crippen LogP contribution < -0.4 is 39.7 Å². The zero-order valence-electron chi connectivity index (χ0n) is 13.6. The summed E-state index contributed by atoms with van der Waals surface area (Å²) in [4.78, 5) is 31.2. The van der Waals surface area contributed by atoms with Crippen LogP contribution in [-0.4, -0.2) is 51.5 Å². The summed E-state index contributed by atoms with van der Waals surface area (Å²) in [6.07, 6.45) is 0. The van der Waals surface area contributed by atoms with Crippen LogP contribution in [0.15, 0.2) is 4.99 Å². The second kappa shape index (κ2) is 5.27. The van der Waals surface area contributed by atoms with Crippen LogP contribution in [0.5, 0.6) is 0 Å². The fourth-order valence-corrected chi connectivity index (χ4v) is 3.24. The lowest BCUT2D eigenvalue weighted by Gasteiger charge is -2.59. The summed E-state index contributed by atoms with van der Waals surface area (Å²) in [7, 11) is 0. The van der Waals surface area contributed by atoms with Crippen LogP contribution in [0.25, 0.3) is 4.85 Å². The van der Waals surface area contributed by atoms with Gasteiger partial charge in [0, 0.05) is 0 Å². The quantitative estimate of drug-likeness (QED) is 0.213. The molecule has 1 saturated heterocycles. The van der Waals surface area contributed by atoms with Crippen LogP contribution in [0, 0.1) is 40.6 Å². The molecule has 0 spiro atoms. The molecular weight excluding hydrogens is 356 g/mol. The first-order valence-electron chi connectivity index (χ1n) is 7.08. The van der Waals surface area contributed by atoms with Crippen molar-refractivity contribution in [1.82, 2.24) is 5.32 Å². The largest absolute Gasteiger partial charge is 0.395 e. The molecule has 138 valence electrons. The average molecular weight is 370 g/mol. The second-order valence-electron chi connectivity index (χ2n) is 6.22. The van der Waals surface area contributed by atoms with Gasteiger partial charge >= 0.3 is 11.6 Å². The number of nitriles is 3. The van der Waals surface area contributed by atoms with Gasteiger partial charge in [-0.1, -0.05) is 0 Å². The number of carbonyl (C=O) groups excluding carboxylic acids is 2. The van der Waals surface area contributed by atoms with Crippen LogP contribution in [0.4, 0.5) is 0 Å². The van der Waals surface area contributed by atoms with Gasteiger partial charge in [-0.3, -0.25) is 14.4 Å². The molecule has 2 amide bonds. The molecule has 14 nitrogen and oxygen atoms in total. The van der Waals surface area contributed by atoms with E-state index in [-0.39, 0.29) is 0 Å². The molecule has 2 rings (SSSR count). The molecule has 0 aromatic heterocycles. The van der Waals surface area contributed by atoms with Crippen molar-refractivity contribution in [2.75, 3.05) is 0 Å². The van der Waals surface area contributed by atoms with Crippen molar-refractivity contribution in [3.63, 3.8) is 0 Å². The molecule has 0 aliphatic carbocycles. The molecule has 2 aliphatic heterocycles. The minimum Gasteiger partial charge on any atom is -0.314 e. The maximum Gasteiger partial charge on any atom is 0.395 e. The molecule has 0 radical (unpaired) electrons. The van der Waals surface area contributed by atoms with Gasteiger partial charge in [-0.05, 0) is 0 Å². The number of hydrogen-bond donors (Lipinski definition) is 7. The first kappa shape index (κ1) is 19.8. The molecule has 6 atom stereocenters. The summed E-state index contributed by atoms with van der Waals surface area (Å²) in [5, 5.41) is 30.6. The lowest BCUT2D eigenvalue weighted by Crippen LogP contribution is -3.00. The highest BCUT2D eigenvalue weighted by Crippen LogP contribution is 2.45. The number of amidine groups is 1. The van der Waals surface area contributed by atoms with E-state index >= 15 is 0 Å². The Morgan fingerprint density at radius 1 is 1.07 bits per heavy atom. The van der Waals surface area contributed by atoms with Crippen LogP contribution in [0.3, 0.4) is 0 Å². The number of nitrogens with one attached hydrogen (secondary N) is 1. The molecule has 2 heterocycles. The number of hydrogen-bond acceptors (Lipinski definition) is 11. The van der Waals surface area contributed by atoms with Crippen molar-refractivity contribution >= 4 is 17.6 Å². The Morgan fingerprint density at radius 3 is 2.00 bits per heavy atom. The fraction of sp³-hybridized carbons (Fsp3) is 0.462. The molecule has 13 N–H and O–H groups in total. The topological polar surface area (TPSA) is 290 Å². The van der Waals surface area contributed by atoms with E-state index in [9.17, 15) is 20.1 Å². The SMILES string of the molecule is [C-]#[N+]C1(N)C(=O)NC2=NC(=O)C(N)(C(N)C#N)C(N)(C#N)C2(N)C1(N)C#N. The van der Waals surface area contributed by atoms with Crippen molar-refractivity contribution in [1.29, 1.82) is 15.8 Å². The van der Waals surface area contributed by atoms with Gasteiger partial charge in [0.25, 0.3) is 5.91 Å². The van der Waals surface area contributed by atoms with E-state index in [2.05, 4.69) is 9.84 Å². The predicted octanol–water partition coefficient (Wildman–Crippen LogP) is -5.68. The van der Waals surface area contributed by atoms with E-state index in [1.165, 1.54) is 18.2 Å². The van der Waals surface area contributed by atoms with Crippen molar-refractivity contribution < 1.29 is 9.59 Å². The Kier molecular flexibility index (Phi) is 3.87. The highest BCUT2D eigenvalue weighted by atomic mass is 16.2. The van der Waals surface area contributed by atoms with Crippen LogP contribution in [-0.2, 0) is 9.59 Å². The Balaban J connectivity index is 3.08. The van der Waals surface area contributed by atoms with E-state index in [0.29, 0.717) is 0 Å². The molecule has 0 bridgehead atoms. The lowest BCUT2D eigenvalue weighted by atomic mass is 9.51. The smallest absolute Gasteiger partial charge is 0.314 e. The van der Waals surface area contributed by atoms with Gasteiger partial charge in [-0.15, -0.1) is 0 Å². The summed E-state index contributed by atoms with van der Waals surface area (Å²) in [6.45, 7) is 7.24. The molecule has 0 aromatic rings. The zero-order valence-corrected chi connectivity index (χ0v) is 13.6. The molecule has 2 aliphatic rings. The summed E-state index contributed by atoms with van der Waals surface area (Å²) in [5.41, 5.74) is 21.5. The van der Waals surface area contributed by atoms with Gasteiger partial charge in [-0.2, -0.15) is 20.8 Å². The highest BCUT2D eigenvalue weighted by Gasteiger charge is 2.85. The van der Waals surface area contributed by atoms with Gasteiger partial charge in [0.05, 0.1) is 18.2 Å². The third kappa shape index (κ3) is 1.66. The first-order valence-corrected chi connectivity index (χ1v) is 7.08. The van der Waals surface area contributed by atoms with Crippen LogP contribution >= 0.6 is 0 Å². The number of fused-ring (bicyclic) bond motifs is 1. The van der Waals surface area contributed by atoms with E-state index in [1.54, 1.807) is 0 Å². The molecule has 1 fully saturated rings. The number of nitrogens with zero attached hydrogens (tertiary/aromatic N) is 5. The summed E-state index contributed by atoms with van der Waals surface area (Å²) in [5.74, 6) is -3.45. The molecule has 6 unspecified atom stereocenters. The summed E-state index contributed by atoms with van der Waals surface area (Å²) >= 11 is 0. The Hall–Kier alpha value is -3.47. The lowest BCUT2D eigenvalue weighted by molar-refractivity contribution is -0.131. The van der Waals surface area contributed by atoms with Crippen molar-refractivity contribution in [2.45, 2.75) is 33.9 Å². The number of piperidine rings is 1. The molecule has 0 aromatic carbocycles. The third-order valence-electron chi connectivity index (χ3n) is 5.18. The highest BCUT2D eigenvalue weighted by molar-refractivity contribution is 6.20. The van der Waals surface area contributed by atoms with Crippen LogP contribution in [0.1, 0.15) is 0 Å². The fourth-order valence-electron chi connectivity index (χ4n) is 3.24. The normalized spacial score (nSPS) is 44.3. The van der Waals surface area contributed by atoms with Crippen molar-refractivity contribution in [3.05, 3.63) is 11.4 Å². The Morgan fingerprint density at radius 2 is 1.59 bits per heavy atom. The molecular formula is C13H14N12O2. The average Bonchev–Trinajstić information content (AvgIpc) is 2.66. The number of nitrogens with two attached hydrogens (primary N) is 6. The second-order valence-corrected chi connectivity index (χ2v) is 6.22. The number of rotatable bonds is 1. The predicted molar refractivity (Wildman–Crippen MR) is 86.6 cm³/mol. The Bertz CT molecular complexity index is 964. The van der Waals surface area contributed by atoms with Crippen molar-refractivity contribution in [2.24, 2.45) is 39.4 Å². The Labute approximate surface area is 152 Å². The van der Waals surface area contributed by atoms with Crippen molar-refractivity contribution in [3.8, 4) is 18.2 Å². The van der Waals surface area contributed by atoms with E-state index in [4.69, 9.17) is 46.2 Å². The maximum absolute atomic E-state index is 12.5. The third-order valence-corrected chi connectivity index (χ3v) is 5.18. The molecule has 0 saturated carbocycles. The van der Waals surface area contributed by atoms with Gasteiger partial charge in [0.2, 0.25) is 5.54 Å². The minimum atomic E-state index is -2.89. The van der Waals surface area contributed by atoms with Gasteiger partial charge in [0.15, 0.2) is 16.6 Å². The molecule has 27 heavy (non-hydrogen) atoms. The summed E-state index contributed by atoms with van der Waals surface area (Å²) in [6, 6.07) is 2.47. The minimum absolute atomic E-state index is 0.790. The van der Waals surface area contributed by atoms with Crippen LogP contribution in [0.2, 0.25) is 0 Å².